The molecule has 0 radical (unpaired) electrons. The van der Waals surface area contributed by atoms with Gasteiger partial charge in [-0.25, -0.2) is 8.78 Å². The first-order valence-electron chi connectivity index (χ1n) is 7.25. The van der Waals surface area contributed by atoms with E-state index >= 15 is 0 Å². The molecule has 24 heavy (non-hydrogen) atoms. The summed E-state index contributed by atoms with van der Waals surface area (Å²) in [6, 6.07) is 6.05. The van der Waals surface area contributed by atoms with Crippen LogP contribution in [0.1, 0.15) is 31.6 Å². The highest BCUT2D eigenvalue weighted by Crippen LogP contribution is 2.39. The molecule has 9 heteroatoms. The third-order valence-electron chi connectivity index (χ3n) is 3.81. The zero-order chi connectivity index (χ0) is 17.3. The molecule has 1 aliphatic rings. The van der Waals surface area contributed by atoms with Gasteiger partial charge in [-0.2, -0.15) is 13.8 Å². The summed E-state index contributed by atoms with van der Waals surface area (Å²) in [5.41, 5.74) is 0.840. The van der Waals surface area contributed by atoms with Crippen LogP contribution in [0.2, 0.25) is 0 Å². The molecular weight excluding hydrogens is 330 g/mol. The minimum atomic E-state index is -2.85. The molecule has 1 fully saturated rings. The van der Waals surface area contributed by atoms with Gasteiger partial charge in [-0.3, -0.25) is 4.79 Å². The number of amides is 1. The van der Waals surface area contributed by atoms with Gasteiger partial charge in [0.05, 0.1) is 0 Å². The molecule has 1 aromatic heterocycles. The van der Waals surface area contributed by atoms with Gasteiger partial charge in [0.1, 0.15) is 0 Å². The summed E-state index contributed by atoms with van der Waals surface area (Å²) in [4.78, 5) is 15.5. The van der Waals surface area contributed by atoms with E-state index in [1.807, 2.05) is 0 Å². The summed E-state index contributed by atoms with van der Waals surface area (Å²) in [5, 5.41) is 6.01. The first kappa shape index (κ1) is 16.4. The molecule has 1 heterocycles. The summed E-state index contributed by atoms with van der Waals surface area (Å²) in [6.07, 6.45) is -3.44. The molecule has 0 bridgehead atoms. The number of halogens is 4. The van der Waals surface area contributed by atoms with Gasteiger partial charge in [0.2, 0.25) is 17.7 Å². The molecule has 1 saturated carbocycles. The van der Waals surface area contributed by atoms with Crippen LogP contribution in [0.25, 0.3) is 11.4 Å². The standard InChI is InChI=1S/C15H13F4N3O2/c16-11(17)14-21-12(22-24-14)8-1-3-10(4-2-8)20-13(23)9-5-6-15(18,19)7-9/h1-4,9,11H,5-7H2,(H,20,23). The van der Waals surface area contributed by atoms with Crippen LogP contribution >= 0.6 is 0 Å². The van der Waals surface area contributed by atoms with E-state index in [9.17, 15) is 22.4 Å². The summed E-state index contributed by atoms with van der Waals surface area (Å²) in [6.45, 7) is 0. The molecule has 2 aromatic rings. The Hall–Kier alpha value is -2.45. The van der Waals surface area contributed by atoms with E-state index in [4.69, 9.17) is 0 Å². The highest BCUT2D eigenvalue weighted by atomic mass is 19.3. The van der Waals surface area contributed by atoms with Gasteiger partial charge in [-0.1, -0.05) is 5.16 Å². The maximum atomic E-state index is 13.1. The van der Waals surface area contributed by atoms with Crippen LogP contribution in [0.15, 0.2) is 28.8 Å². The van der Waals surface area contributed by atoms with Crippen molar-refractivity contribution in [2.45, 2.75) is 31.6 Å². The van der Waals surface area contributed by atoms with Crippen molar-refractivity contribution in [3.8, 4) is 11.4 Å². The van der Waals surface area contributed by atoms with E-state index in [2.05, 4.69) is 20.0 Å². The Kier molecular flexibility index (Phi) is 4.25. The second-order valence-corrected chi connectivity index (χ2v) is 5.62. The lowest BCUT2D eigenvalue weighted by molar-refractivity contribution is -0.120. The molecule has 1 atom stereocenters. The second kappa shape index (κ2) is 6.21. The Bertz CT molecular complexity index is 731. The molecule has 0 spiro atoms. The number of hydrogen-bond donors (Lipinski definition) is 1. The maximum absolute atomic E-state index is 13.1. The Labute approximate surface area is 134 Å². The Morgan fingerprint density at radius 2 is 2.00 bits per heavy atom. The van der Waals surface area contributed by atoms with Crippen LogP contribution in [0.4, 0.5) is 23.2 Å². The highest BCUT2D eigenvalue weighted by Gasteiger charge is 2.42. The molecule has 1 N–H and O–H groups in total. The molecule has 1 unspecified atom stereocenters. The number of anilines is 1. The SMILES string of the molecule is O=C(Nc1ccc(-c2noc(C(F)F)n2)cc1)C1CCC(F)(F)C1. The molecule has 0 saturated heterocycles. The molecular formula is C15H13F4N3O2. The number of aromatic nitrogens is 2. The topological polar surface area (TPSA) is 68.0 Å². The highest BCUT2D eigenvalue weighted by molar-refractivity contribution is 5.93. The van der Waals surface area contributed by atoms with E-state index < -0.39 is 36.5 Å². The number of alkyl halides is 4. The van der Waals surface area contributed by atoms with Crippen LogP contribution in [0.5, 0.6) is 0 Å². The summed E-state index contributed by atoms with van der Waals surface area (Å²) in [7, 11) is 0. The summed E-state index contributed by atoms with van der Waals surface area (Å²) < 4.78 is 55.5. The first-order valence-corrected chi connectivity index (χ1v) is 7.25. The van der Waals surface area contributed by atoms with Crippen molar-refractivity contribution in [3.63, 3.8) is 0 Å². The van der Waals surface area contributed by atoms with Gasteiger partial charge in [-0.05, 0) is 30.7 Å². The van der Waals surface area contributed by atoms with Crippen LogP contribution in [0.3, 0.4) is 0 Å². The lowest BCUT2D eigenvalue weighted by atomic mass is 10.1. The molecule has 128 valence electrons. The van der Waals surface area contributed by atoms with Crippen molar-refractivity contribution >= 4 is 11.6 Å². The molecule has 1 aromatic carbocycles. The summed E-state index contributed by atoms with van der Waals surface area (Å²) >= 11 is 0. The van der Waals surface area contributed by atoms with Gasteiger partial charge in [0.25, 0.3) is 5.89 Å². The van der Waals surface area contributed by atoms with Crippen LogP contribution in [-0.4, -0.2) is 22.0 Å². The van der Waals surface area contributed by atoms with Crippen LogP contribution in [0, 0.1) is 5.92 Å². The molecule has 5 nitrogen and oxygen atoms in total. The largest absolute Gasteiger partial charge is 0.333 e. The Morgan fingerprint density at radius 1 is 1.29 bits per heavy atom. The molecule has 1 aliphatic carbocycles. The van der Waals surface area contributed by atoms with E-state index in [-0.39, 0.29) is 18.7 Å². The number of carbonyl (C=O) groups excluding carboxylic acids is 1. The van der Waals surface area contributed by atoms with Gasteiger partial charge >= 0.3 is 6.43 Å². The first-order chi connectivity index (χ1) is 11.3. The molecule has 0 aliphatic heterocycles. The van der Waals surface area contributed by atoms with Gasteiger partial charge < -0.3 is 9.84 Å². The number of nitrogens with one attached hydrogen (secondary N) is 1. The van der Waals surface area contributed by atoms with E-state index in [1.54, 1.807) is 0 Å². The van der Waals surface area contributed by atoms with Gasteiger partial charge in [0, 0.05) is 30.0 Å². The van der Waals surface area contributed by atoms with Gasteiger partial charge in [0.15, 0.2) is 0 Å². The fourth-order valence-electron chi connectivity index (χ4n) is 2.56. The van der Waals surface area contributed by atoms with Crippen molar-refractivity contribution in [2.75, 3.05) is 5.32 Å². The number of nitrogens with zero attached hydrogens (tertiary/aromatic N) is 2. The second-order valence-electron chi connectivity index (χ2n) is 5.62. The predicted molar refractivity (Wildman–Crippen MR) is 75.6 cm³/mol. The lowest BCUT2D eigenvalue weighted by Crippen LogP contribution is -2.22. The van der Waals surface area contributed by atoms with Crippen molar-refractivity contribution in [1.82, 2.24) is 10.1 Å². The van der Waals surface area contributed by atoms with Crippen molar-refractivity contribution in [3.05, 3.63) is 30.2 Å². The molecule has 1 amide bonds. The van der Waals surface area contributed by atoms with Gasteiger partial charge in [-0.15, -0.1) is 0 Å². The smallest absolute Gasteiger partial charge is 0.315 e. The number of benzene rings is 1. The monoisotopic (exact) mass is 343 g/mol. The number of carbonyl (C=O) groups is 1. The average Bonchev–Trinajstić information content (AvgIpc) is 3.15. The van der Waals surface area contributed by atoms with E-state index in [0.717, 1.165) is 0 Å². The Morgan fingerprint density at radius 3 is 2.54 bits per heavy atom. The average molecular weight is 343 g/mol. The zero-order valence-electron chi connectivity index (χ0n) is 12.3. The summed E-state index contributed by atoms with van der Waals surface area (Å²) in [5.74, 6) is -4.74. The predicted octanol–water partition coefficient (Wildman–Crippen LogP) is 4.05. The van der Waals surface area contributed by atoms with E-state index in [0.29, 0.717) is 11.3 Å². The Balaban J connectivity index is 1.65. The minimum absolute atomic E-state index is 0.00129. The fraction of sp³-hybridized carbons (Fsp3) is 0.400. The van der Waals surface area contributed by atoms with Crippen molar-refractivity contribution in [2.24, 2.45) is 5.92 Å². The van der Waals surface area contributed by atoms with Crippen molar-refractivity contribution < 1.29 is 26.9 Å². The third-order valence-corrected chi connectivity index (χ3v) is 3.81. The lowest BCUT2D eigenvalue weighted by Gasteiger charge is -2.11. The maximum Gasteiger partial charge on any atom is 0.315 e. The van der Waals surface area contributed by atoms with E-state index in [1.165, 1.54) is 24.3 Å². The number of hydrogen-bond acceptors (Lipinski definition) is 4. The van der Waals surface area contributed by atoms with Crippen LogP contribution in [-0.2, 0) is 4.79 Å². The third kappa shape index (κ3) is 3.55. The molecule has 3 rings (SSSR count). The fourth-order valence-corrected chi connectivity index (χ4v) is 2.56. The number of rotatable bonds is 4. The minimum Gasteiger partial charge on any atom is -0.333 e. The zero-order valence-corrected chi connectivity index (χ0v) is 12.3. The normalized spacial score (nSPS) is 19.6. The van der Waals surface area contributed by atoms with Crippen molar-refractivity contribution in [1.29, 1.82) is 0 Å². The van der Waals surface area contributed by atoms with Crippen LogP contribution < -0.4 is 5.32 Å². The quantitative estimate of drug-likeness (QED) is 0.851.